The molecule has 0 radical (unpaired) electrons. The second-order valence-corrected chi connectivity index (χ2v) is 7.83. The van der Waals surface area contributed by atoms with Crippen LogP contribution in [0.15, 0.2) is 17.2 Å². The van der Waals surface area contributed by atoms with E-state index in [1.54, 1.807) is 22.5 Å². The van der Waals surface area contributed by atoms with Crippen molar-refractivity contribution in [2.45, 2.75) is 50.8 Å². The Morgan fingerprint density at radius 2 is 2.05 bits per heavy atom. The van der Waals surface area contributed by atoms with Crippen LogP contribution in [0.2, 0.25) is 0 Å². The first-order valence-corrected chi connectivity index (χ1v) is 9.52. The van der Waals surface area contributed by atoms with E-state index in [4.69, 9.17) is 0 Å². The normalized spacial score (nSPS) is 13.9. The molecule has 0 aliphatic rings. The van der Waals surface area contributed by atoms with Gasteiger partial charge < -0.3 is 9.67 Å². The molecule has 1 aromatic heterocycles. The minimum Gasteiger partial charge on any atom is -0.390 e. The highest BCUT2D eigenvalue weighted by molar-refractivity contribution is 7.98. The predicted molar refractivity (Wildman–Crippen MR) is 83.5 cm³/mol. The number of rotatable bonds is 8. The molecule has 5 nitrogen and oxygen atoms in total. The highest BCUT2D eigenvalue weighted by Gasteiger charge is 2.21. The van der Waals surface area contributed by atoms with Crippen LogP contribution in [0.5, 0.6) is 0 Å². The highest BCUT2D eigenvalue weighted by atomic mass is 32.2. The van der Waals surface area contributed by atoms with Gasteiger partial charge in [-0.2, -0.15) is 11.8 Å². The summed E-state index contributed by atoms with van der Waals surface area (Å²) in [6.07, 6.45) is 4.37. The summed E-state index contributed by atoms with van der Waals surface area (Å²) in [6.45, 7) is 5.59. The summed E-state index contributed by atoms with van der Waals surface area (Å²) >= 11 is 1.69. The lowest BCUT2D eigenvalue weighted by atomic mass is 10.3. The Morgan fingerprint density at radius 1 is 1.40 bits per heavy atom. The van der Waals surface area contributed by atoms with Gasteiger partial charge in [0, 0.05) is 24.0 Å². The molecule has 1 unspecified atom stereocenters. The molecule has 1 aromatic rings. The van der Waals surface area contributed by atoms with Gasteiger partial charge in [0.15, 0.2) is 0 Å². The van der Waals surface area contributed by atoms with Crippen molar-refractivity contribution in [2.24, 2.45) is 0 Å². The first-order chi connectivity index (χ1) is 9.31. The van der Waals surface area contributed by atoms with Crippen molar-refractivity contribution in [3.05, 3.63) is 18.0 Å². The van der Waals surface area contributed by atoms with Crippen molar-refractivity contribution in [1.29, 1.82) is 0 Å². The molecule has 0 aliphatic heterocycles. The smallest absolute Gasteiger partial charge is 0.242 e. The first-order valence-electron chi connectivity index (χ1n) is 6.64. The molecule has 0 aromatic carbocycles. The lowest BCUT2D eigenvalue weighted by molar-refractivity contribution is 0.268. The molecule has 0 bridgehead atoms. The summed E-state index contributed by atoms with van der Waals surface area (Å²) in [6, 6.07) is 1.53. The standard InChI is InChI=1S/C13H24N2O3S2/c1-10(2)15-8-13(7-12(15)9-16)20(17,18)14-11(3)5-6-19-4/h7-8,10-11,14,16H,5-6,9H2,1-4H3. The van der Waals surface area contributed by atoms with E-state index in [2.05, 4.69) is 4.72 Å². The monoisotopic (exact) mass is 320 g/mol. The van der Waals surface area contributed by atoms with Gasteiger partial charge in [0.2, 0.25) is 10.0 Å². The third kappa shape index (κ3) is 4.51. The van der Waals surface area contributed by atoms with Crippen LogP contribution in [0, 0.1) is 0 Å². The number of aliphatic hydroxyl groups is 1. The van der Waals surface area contributed by atoms with E-state index >= 15 is 0 Å². The molecule has 1 atom stereocenters. The van der Waals surface area contributed by atoms with Gasteiger partial charge in [-0.1, -0.05) is 0 Å². The Morgan fingerprint density at radius 3 is 2.50 bits per heavy atom. The van der Waals surface area contributed by atoms with Crippen molar-refractivity contribution in [3.63, 3.8) is 0 Å². The minimum atomic E-state index is -3.53. The second kappa shape index (κ2) is 7.49. The van der Waals surface area contributed by atoms with E-state index in [0.29, 0.717) is 5.69 Å². The fourth-order valence-electron chi connectivity index (χ4n) is 1.94. The number of hydrogen-bond donors (Lipinski definition) is 2. The molecule has 0 spiro atoms. The molecule has 0 aliphatic carbocycles. The number of hydrogen-bond acceptors (Lipinski definition) is 4. The van der Waals surface area contributed by atoms with E-state index in [1.165, 1.54) is 6.07 Å². The van der Waals surface area contributed by atoms with Crippen LogP contribution in [0.1, 0.15) is 38.9 Å². The number of sulfonamides is 1. The van der Waals surface area contributed by atoms with E-state index in [1.807, 2.05) is 27.0 Å². The Balaban J connectivity index is 2.92. The van der Waals surface area contributed by atoms with Crippen molar-refractivity contribution in [1.82, 2.24) is 9.29 Å². The third-order valence-electron chi connectivity index (χ3n) is 3.05. The van der Waals surface area contributed by atoms with E-state index in [-0.39, 0.29) is 23.6 Å². The van der Waals surface area contributed by atoms with E-state index in [9.17, 15) is 13.5 Å². The van der Waals surface area contributed by atoms with E-state index in [0.717, 1.165) is 12.2 Å². The lowest BCUT2D eigenvalue weighted by Crippen LogP contribution is -2.32. The number of thioether (sulfide) groups is 1. The molecule has 0 saturated heterocycles. The topological polar surface area (TPSA) is 71.3 Å². The summed E-state index contributed by atoms with van der Waals surface area (Å²) in [7, 11) is -3.53. The average Bonchev–Trinajstić information content (AvgIpc) is 2.80. The quantitative estimate of drug-likeness (QED) is 0.768. The predicted octanol–water partition coefficient (Wildman–Crippen LogP) is 1.98. The summed E-state index contributed by atoms with van der Waals surface area (Å²) < 4.78 is 29.0. The zero-order chi connectivity index (χ0) is 15.3. The number of nitrogens with zero attached hydrogens (tertiary/aromatic N) is 1. The summed E-state index contributed by atoms with van der Waals surface area (Å²) in [5, 5.41) is 9.31. The van der Waals surface area contributed by atoms with Gasteiger partial charge in [-0.25, -0.2) is 13.1 Å². The van der Waals surface area contributed by atoms with Gasteiger partial charge >= 0.3 is 0 Å². The van der Waals surface area contributed by atoms with Crippen LogP contribution in [-0.4, -0.2) is 36.1 Å². The van der Waals surface area contributed by atoms with Crippen LogP contribution in [-0.2, 0) is 16.6 Å². The maximum absolute atomic E-state index is 12.3. The second-order valence-electron chi connectivity index (χ2n) is 5.13. The molecule has 1 heterocycles. The first kappa shape index (κ1) is 17.6. The van der Waals surface area contributed by atoms with Crippen molar-refractivity contribution in [3.8, 4) is 0 Å². The van der Waals surface area contributed by atoms with Crippen LogP contribution in [0.25, 0.3) is 0 Å². The van der Waals surface area contributed by atoms with Crippen LogP contribution in [0.3, 0.4) is 0 Å². The van der Waals surface area contributed by atoms with Gasteiger partial charge in [0.25, 0.3) is 0 Å². The van der Waals surface area contributed by atoms with Crippen LogP contribution < -0.4 is 4.72 Å². The largest absolute Gasteiger partial charge is 0.390 e. The molecule has 20 heavy (non-hydrogen) atoms. The molecular weight excluding hydrogens is 296 g/mol. The summed E-state index contributed by atoms with van der Waals surface area (Å²) in [5.74, 6) is 0.915. The van der Waals surface area contributed by atoms with Crippen LogP contribution >= 0.6 is 11.8 Å². The molecule has 0 fully saturated rings. The number of aliphatic hydroxyl groups excluding tert-OH is 1. The maximum atomic E-state index is 12.3. The average molecular weight is 320 g/mol. The van der Waals surface area contributed by atoms with Crippen molar-refractivity contribution >= 4 is 21.8 Å². The Labute approximate surface area is 125 Å². The van der Waals surface area contributed by atoms with Crippen molar-refractivity contribution < 1.29 is 13.5 Å². The van der Waals surface area contributed by atoms with Gasteiger partial charge in [0.05, 0.1) is 11.5 Å². The van der Waals surface area contributed by atoms with Crippen LogP contribution in [0.4, 0.5) is 0 Å². The van der Waals surface area contributed by atoms with Gasteiger partial charge in [-0.05, 0) is 45.3 Å². The summed E-state index contributed by atoms with van der Waals surface area (Å²) in [4.78, 5) is 0.214. The highest BCUT2D eigenvalue weighted by Crippen LogP contribution is 2.19. The van der Waals surface area contributed by atoms with Crippen molar-refractivity contribution in [2.75, 3.05) is 12.0 Å². The Kier molecular flexibility index (Phi) is 6.57. The Hall–Kier alpha value is -0.500. The van der Waals surface area contributed by atoms with Gasteiger partial charge in [0.1, 0.15) is 0 Å². The molecule has 116 valence electrons. The number of aromatic nitrogens is 1. The lowest BCUT2D eigenvalue weighted by Gasteiger charge is -2.13. The molecule has 7 heteroatoms. The molecule has 2 N–H and O–H groups in total. The third-order valence-corrected chi connectivity index (χ3v) is 5.25. The molecule has 1 rings (SSSR count). The van der Waals surface area contributed by atoms with Gasteiger partial charge in [-0.3, -0.25) is 0 Å². The van der Waals surface area contributed by atoms with E-state index < -0.39 is 10.0 Å². The molecular formula is C13H24N2O3S2. The maximum Gasteiger partial charge on any atom is 0.242 e. The SMILES string of the molecule is CSCCC(C)NS(=O)(=O)c1cc(CO)n(C(C)C)c1. The fourth-order valence-corrected chi connectivity index (χ4v) is 3.85. The zero-order valence-electron chi connectivity index (χ0n) is 12.5. The minimum absolute atomic E-state index is 0.104. The number of nitrogens with one attached hydrogen (secondary N) is 1. The zero-order valence-corrected chi connectivity index (χ0v) is 14.1. The van der Waals surface area contributed by atoms with Gasteiger partial charge in [-0.15, -0.1) is 0 Å². The molecule has 0 saturated carbocycles. The Bertz CT molecular complexity index is 524. The molecule has 0 amide bonds. The fraction of sp³-hybridized carbons (Fsp3) is 0.692. The summed E-state index contributed by atoms with van der Waals surface area (Å²) in [5.41, 5.74) is 0.608.